The summed E-state index contributed by atoms with van der Waals surface area (Å²) < 4.78 is 5.10. The highest BCUT2D eigenvalue weighted by molar-refractivity contribution is 5.72. The SMILES string of the molecule is C[C@H](NCc1ccccc1OCC(=O)O)C(=O)O. The normalized spacial score (nSPS) is 11.8. The fourth-order valence-corrected chi connectivity index (χ4v) is 1.28. The molecule has 0 bridgehead atoms. The number of para-hydroxylation sites is 1. The van der Waals surface area contributed by atoms with Gasteiger partial charge in [-0.3, -0.25) is 4.79 Å². The number of aliphatic carboxylic acids is 2. The van der Waals surface area contributed by atoms with Crippen LogP contribution in [0.1, 0.15) is 12.5 Å². The lowest BCUT2D eigenvalue weighted by Crippen LogP contribution is -2.33. The molecule has 18 heavy (non-hydrogen) atoms. The van der Waals surface area contributed by atoms with Crippen molar-refractivity contribution in [2.45, 2.75) is 19.5 Å². The summed E-state index contributed by atoms with van der Waals surface area (Å²) >= 11 is 0. The zero-order valence-corrected chi connectivity index (χ0v) is 9.92. The van der Waals surface area contributed by atoms with Gasteiger partial charge in [0.05, 0.1) is 0 Å². The van der Waals surface area contributed by atoms with Gasteiger partial charge < -0.3 is 20.3 Å². The van der Waals surface area contributed by atoms with E-state index in [1.807, 2.05) is 0 Å². The molecule has 0 aliphatic rings. The van der Waals surface area contributed by atoms with E-state index in [9.17, 15) is 9.59 Å². The van der Waals surface area contributed by atoms with E-state index in [0.29, 0.717) is 17.9 Å². The second-order valence-corrected chi connectivity index (χ2v) is 3.73. The first-order valence-corrected chi connectivity index (χ1v) is 5.39. The smallest absolute Gasteiger partial charge is 0.341 e. The first kappa shape index (κ1) is 14.0. The number of benzene rings is 1. The molecule has 0 unspecified atom stereocenters. The molecule has 3 N–H and O–H groups in total. The minimum Gasteiger partial charge on any atom is -0.482 e. The maximum absolute atomic E-state index is 10.6. The number of nitrogens with one attached hydrogen (secondary N) is 1. The number of hydrogen-bond acceptors (Lipinski definition) is 4. The summed E-state index contributed by atoms with van der Waals surface area (Å²) in [4.78, 5) is 21.1. The topological polar surface area (TPSA) is 95.9 Å². The van der Waals surface area contributed by atoms with Gasteiger partial charge in [0, 0.05) is 12.1 Å². The molecule has 6 nitrogen and oxygen atoms in total. The van der Waals surface area contributed by atoms with Crippen LogP contribution in [0, 0.1) is 0 Å². The first-order chi connectivity index (χ1) is 8.50. The maximum Gasteiger partial charge on any atom is 0.341 e. The zero-order valence-electron chi connectivity index (χ0n) is 9.92. The third-order valence-corrected chi connectivity index (χ3v) is 2.29. The van der Waals surface area contributed by atoms with Crippen molar-refractivity contribution in [2.24, 2.45) is 0 Å². The third-order valence-electron chi connectivity index (χ3n) is 2.29. The van der Waals surface area contributed by atoms with Gasteiger partial charge in [-0.05, 0) is 13.0 Å². The summed E-state index contributed by atoms with van der Waals surface area (Å²) in [5.41, 5.74) is 0.715. The molecule has 1 atom stereocenters. The van der Waals surface area contributed by atoms with Crippen LogP contribution >= 0.6 is 0 Å². The number of rotatable bonds is 7. The summed E-state index contributed by atoms with van der Waals surface area (Å²) in [6.07, 6.45) is 0. The Hall–Kier alpha value is -2.08. The van der Waals surface area contributed by atoms with Gasteiger partial charge in [0.2, 0.25) is 0 Å². The van der Waals surface area contributed by atoms with Gasteiger partial charge in [0.15, 0.2) is 6.61 Å². The van der Waals surface area contributed by atoms with Crippen LogP contribution in [-0.4, -0.2) is 34.8 Å². The van der Waals surface area contributed by atoms with Crippen molar-refractivity contribution in [3.05, 3.63) is 29.8 Å². The van der Waals surface area contributed by atoms with Gasteiger partial charge in [-0.2, -0.15) is 0 Å². The maximum atomic E-state index is 10.6. The molecule has 0 aromatic heterocycles. The van der Waals surface area contributed by atoms with Crippen LogP contribution in [0.15, 0.2) is 24.3 Å². The molecule has 0 aliphatic carbocycles. The highest BCUT2D eigenvalue weighted by atomic mass is 16.5. The monoisotopic (exact) mass is 253 g/mol. The predicted octanol–water partition coefficient (Wildman–Crippen LogP) is 0.713. The van der Waals surface area contributed by atoms with E-state index in [1.165, 1.54) is 6.92 Å². The van der Waals surface area contributed by atoms with Gasteiger partial charge in [-0.1, -0.05) is 18.2 Å². The molecule has 0 heterocycles. The van der Waals surface area contributed by atoms with Crippen molar-refractivity contribution in [2.75, 3.05) is 6.61 Å². The highest BCUT2D eigenvalue weighted by Crippen LogP contribution is 2.17. The number of carbonyl (C=O) groups is 2. The molecule has 0 saturated heterocycles. The van der Waals surface area contributed by atoms with Crippen LogP contribution in [0.4, 0.5) is 0 Å². The number of carboxylic acid groups (broad SMARTS) is 2. The summed E-state index contributed by atoms with van der Waals surface area (Å²) in [6, 6.07) is 6.21. The molecular weight excluding hydrogens is 238 g/mol. The Morgan fingerprint density at radius 1 is 1.33 bits per heavy atom. The summed E-state index contributed by atoms with van der Waals surface area (Å²) in [5, 5.41) is 20.1. The fraction of sp³-hybridized carbons (Fsp3) is 0.333. The quantitative estimate of drug-likeness (QED) is 0.662. The molecule has 0 radical (unpaired) electrons. The van der Waals surface area contributed by atoms with Crippen LogP contribution in [0.5, 0.6) is 5.75 Å². The van der Waals surface area contributed by atoms with E-state index in [4.69, 9.17) is 14.9 Å². The summed E-state index contributed by atoms with van der Waals surface area (Å²) in [7, 11) is 0. The van der Waals surface area contributed by atoms with E-state index >= 15 is 0 Å². The molecule has 1 rings (SSSR count). The molecule has 0 spiro atoms. The molecule has 1 aromatic rings. The van der Waals surface area contributed by atoms with Crippen LogP contribution < -0.4 is 10.1 Å². The van der Waals surface area contributed by atoms with Crippen molar-refractivity contribution in [3.63, 3.8) is 0 Å². The fourth-order valence-electron chi connectivity index (χ4n) is 1.28. The second kappa shape index (κ2) is 6.61. The number of hydrogen-bond donors (Lipinski definition) is 3. The first-order valence-electron chi connectivity index (χ1n) is 5.39. The van der Waals surface area contributed by atoms with Gasteiger partial charge in [-0.15, -0.1) is 0 Å². The average molecular weight is 253 g/mol. The standard InChI is InChI=1S/C12H15NO5/c1-8(12(16)17)13-6-9-4-2-3-5-10(9)18-7-11(14)15/h2-5,8,13H,6-7H2,1H3,(H,14,15)(H,16,17)/t8-/m0/s1. The summed E-state index contributed by atoms with van der Waals surface area (Å²) in [5.74, 6) is -1.57. The van der Waals surface area contributed by atoms with Crippen molar-refractivity contribution >= 4 is 11.9 Å². The molecule has 0 aliphatic heterocycles. The Morgan fingerprint density at radius 3 is 2.61 bits per heavy atom. The largest absolute Gasteiger partial charge is 0.482 e. The van der Waals surface area contributed by atoms with Gasteiger partial charge >= 0.3 is 11.9 Å². The minimum atomic E-state index is -1.06. The minimum absolute atomic E-state index is 0.295. The van der Waals surface area contributed by atoms with Crippen LogP contribution in [-0.2, 0) is 16.1 Å². The second-order valence-electron chi connectivity index (χ2n) is 3.73. The zero-order chi connectivity index (χ0) is 13.5. The molecule has 1 aromatic carbocycles. The summed E-state index contributed by atoms with van der Waals surface area (Å²) in [6.45, 7) is 1.40. The Labute approximate surface area is 104 Å². The van der Waals surface area contributed by atoms with Gasteiger partial charge in [0.1, 0.15) is 11.8 Å². The predicted molar refractivity (Wildman–Crippen MR) is 63.5 cm³/mol. The average Bonchev–Trinajstić information content (AvgIpc) is 2.34. The lowest BCUT2D eigenvalue weighted by molar-refractivity contribution is -0.140. The molecule has 0 fully saturated rings. The highest BCUT2D eigenvalue weighted by Gasteiger charge is 2.11. The molecular formula is C12H15NO5. The lowest BCUT2D eigenvalue weighted by atomic mass is 10.2. The van der Waals surface area contributed by atoms with E-state index in [2.05, 4.69) is 5.32 Å². The van der Waals surface area contributed by atoms with Crippen LogP contribution in [0.2, 0.25) is 0 Å². The van der Waals surface area contributed by atoms with Crippen molar-refractivity contribution < 1.29 is 24.5 Å². The molecule has 0 saturated carbocycles. The molecule has 6 heteroatoms. The van der Waals surface area contributed by atoms with Crippen molar-refractivity contribution in [1.82, 2.24) is 5.32 Å². The van der Waals surface area contributed by atoms with E-state index in [-0.39, 0.29) is 0 Å². The van der Waals surface area contributed by atoms with Crippen molar-refractivity contribution in [1.29, 1.82) is 0 Å². The van der Waals surface area contributed by atoms with Crippen molar-refractivity contribution in [3.8, 4) is 5.75 Å². The third kappa shape index (κ3) is 4.42. The lowest BCUT2D eigenvalue weighted by Gasteiger charge is -2.12. The molecule has 98 valence electrons. The molecule has 0 amide bonds. The van der Waals surface area contributed by atoms with Gasteiger partial charge in [0.25, 0.3) is 0 Å². The van der Waals surface area contributed by atoms with E-state index < -0.39 is 24.6 Å². The number of ether oxygens (including phenoxy) is 1. The number of carboxylic acids is 2. The van der Waals surface area contributed by atoms with Crippen LogP contribution in [0.25, 0.3) is 0 Å². The Bertz CT molecular complexity index is 432. The van der Waals surface area contributed by atoms with E-state index in [0.717, 1.165) is 0 Å². The Kier molecular flexibility index (Phi) is 5.13. The van der Waals surface area contributed by atoms with Crippen LogP contribution in [0.3, 0.4) is 0 Å². The Morgan fingerprint density at radius 2 is 2.00 bits per heavy atom. The Balaban J connectivity index is 2.64. The van der Waals surface area contributed by atoms with Gasteiger partial charge in [-0.25, -0.2) is 4.79 Å². The van der Waals surface area contributed by atoms with E-state index in [1.54, 1.807) is 24.3 Å².